The topological polar surface area (TPSA) is 53.9 Å². The Hall–Kier alpha value is -2.04. The first kappa shape index (κ1) is 18.0. The molecule has 0 fully saturated rings. The summed E-state index contributed by atoms with van der Waals surface area (Å²) in [5.41, 5.74) is 2.47. The lowest BCUT2D eigenvalue weighted by molar-refractivity contribution is -0.144. The smallest absolute Gasteiger partial charge is 0.310 e. The molecule has 0 heterocycles. The van der Waals surface area contributed by atoms with Crippen molar-refractivity contribution in [3.05, 3.63) is 35.4 Å². The van der Waals surface area contributed by atoms with Gasteiger partial charge in [-0.1, -0.05) is 36.8 Å². The summed E-state index contributed by atoms with van der Waals surface area (Å²) in [7, 11) is 3.39. The fourth-order valence-electron chi connectivity index (χ4n) is 2.01. The minimum absolute atomic E-state index is 0.235. The molecule has 0 aliphatic heterocycles. The summed E-state index contributed by atoms with van der Waals surface area (Å²) in [5, 5.41) is 3.25. The van der Waals surface area contributed by atoms with Crippen LogP contribution in [-0.2, 0) is 16.1 Å². The number of hydrogen-bond acceptors (Lipinski definition) is 3. The first-order valence-corrected chi connectivity index (χ1v) is 7.60. The maximum atomic E-state index is 11.4. The van der Waals surface area contributed by atoms with Crippen LogP contribution in [0.3, 0.4) is 0 Å². The molecule has 1 unspecified atom stereocenters. The standard InChI is InChI=1S/C17H27N3O2/c1-6-18-17(19-11-14(3)16(21)22-5)20(4)12-15-9-7-13(2)8-10-15/h7-10,14H,6,11-12H2,1-5H3,(H,18,19). The van der Waals surface area contributed by atoms with Crippen LogP contribution in [0.4, 0.5) is 0 Å². The quantitative estimate of drug-likeness (QED) is 0.497. The number of methoxy groups -OCH3 is 1. The van der Waals surface area contributed by atoms with Crippen molar-refractivity contribution in [2.24, 2.45) is 10.9 Å². The van der Waals surface area contributed by atoms with E-state index in [9.17, 15) is 4.79 Å². The minimum atomic E-state index is -0.244. The van der Waals surface area contributed by atoms with Gasteiger partial charge in [-0.3, -0.25) is 9.79 Å². The molecule has 1 atom stereocenters. The lowest BCUT2D eigenvalue weighted by atomic mass is 10.1. The highest BCUT2D eigenvalue weighted by Gasteiger charge is 2.13. The van der Waals surface area contributed by atoms with Crippen molar-refractivity contribution in [1.82, 2.24) is 10.2 Å². The highest BCUT2D eigenvalue weighted by atomic mass is 16.5. The van der Waals surface area contributed by atoms with Gasteiger partial charge in [-0.25, -0.2) is 0 Å². The molecule has 0 saturated heterocycles. The van der Waals surface area contributed by atoms with Gasteiger partial charge in [0, 0.05) is 20.1 Å². The van der Waals surface area contributed by atoms with Crippen LogP contribution < -0.4 is 5.32 Å². The fourth-order valence-corrected chi connectivity index (χ4v) is 2.01. The molecule has 1 N–H and O–H groups in total. The van der Waals surface area contributed by atoms with E-state index in [1.807, 2.05) is 20.9 Å². The first-order chi connectivity index (χ1) is 10.5. The number of ether oxygens (including phenoxy) is 1. The van der Waals surface area contributed by atoms with Gasteiger partial charge in [0.15, 0.2) is 5.96 Å². The summed E-state index contributed by atoms with van der Waals surface area (Å²) in [4.78, 5) is 18.0. The fraction of sp³-hybridized carbons (Fsp3) is 0.529. The van der Waals surface area contributed by atoms with E-state index in [0.717, 1.165) is 19.0 Å². The van der Waals surface area contributed by atoms with Gasteiger partial charge in [0.05, 0.1) is 19.6 Å². The zero-order chi connectivity index (χ0) is 16.5. The second-order valence-electron chi connectivity index (χ2n) is 5.46. The number of aryl methyl sites for hydroxylation is 1. The van der Waals surface area contributed by atoms with Crippen molar-refractivity contribution in [2.75, 3.05) is 27.2 Å². The van der Waals surface area contributed by atoms with Gasteiger partial charge >= 0.3 is 5.97 Å². The zero-order valence-electron chi connectivity index (χ0n) is 14.2. The Kier molecular flexibility index (Phi) is 7.43. The number of hydrogen-bond donors (Lipinski definition) is 1. The SMILES string of the molecule is CCNC(=NCC(C)C(=O)OC)N(C)Cc1ccc(C)cc1. The summed E-state index contributed by atoms with van der Waals surface area (Å²) in [6.07, 6.45) is 0. The molecular weight excluding hydrogens is 278 g/mol. The number of guanidine groups is 1. The predicted octanol–water partition coefficient (Wildman–Crippen LogP) is 2.20. The Labute approximate surface area is 133 Å². The average Bonchev–Trinajstić information content (AvgIpc) is 2.52. The maximum Gasteiger partial charge on any atom is 0.310 e. The van der Waals surface area contributed by atoms with Crippen molar-refractivity contribution >= 4 is 11.9 Å². The number of nitrogens with zero attached hydrogens (tertiary/aromatic N) is 2. The molecule has 0 amide bonds. The number of carbonyl (C=O) groups excluding carboxylic acids is 1. The van der Waals surface area contributed by atoms with E-state index in [0.29, 0.717) is 6.54 Å². The van der Waals surface area contributed by atoms with Crippen molar-refractivity contribution in [3.63, 3.8) is 0 Å². The minimum Gasteiger partial charge on any atom is -0.469 e. The monoisotopic (exact) mass is 305 g/mol. The highest BCUT2D eigenvalue weighted by Crippen LogP contribution is 2.06. The van der Waals surface area contributed by atoms with E-state index < -0.39 is 0 Å². The molecule has 0 aliphatic rings. The number of nitrogens with one attached hydrogen (secondary N) is 1. The number of carbonyl (C=O) groups is 1. The molecule has 5 heteroatoms. The van der Waals surface area contributed by atoms with Crippen molar-refractivity contribution in [3.8, 4) is 0 Å². The van der Waals surface area contributed by atoms with E-state index in [1.165, 1.54) is 18.2 Å². The molecule has 5 nitrogen and oxygen atoms in total. The summed E-state index contributed by atoms with van der Waals surface area (Å²) >= 11 is 0. The second kappa shape index (κ2) is 9.07. The summed E-state index contributed by atoms with van der Waals surface area (Å²) in [5.74, 6) is 0.311. The molecule has 0 spiro atoms. The van der Waals surface area contributed by atoms with E-state index in [1.54, 1.807) is 0 Å². The molecule has 0 aromatic heterocycles. The zero-order valence-corrected chi connectivity index (χ0v) is 14.2. The molecule has 22 heavy (non-hydrogen) atoms. The Bertz CT molecular complexity index is 497. The maximum absolute atomic E-state index is 11.4. The second-order valence-corrected chi connectivity index (χ2v) is 5.46. The predicted molar refractivity (Wildman–Crippen MR) is 89.8 cm³/mol. The molecule has 0 bridgehead atoms. The third-order valence-electron chi connectivity index (χ3n) is 3.36. The van der Waals surface area contributed by atoms with E-state index in [2.05, 4.69) is 46.4 Å². The molecule has 1 aromatic carbocycles. The molecule has 122 valence electrons. The van der Waals surface area contributed by atoms with Crippen LogP contribution in [0, 0.1) is 12.8 Å². The Morgan fingerprint density at radius 1 is 1.36 bits per heavy atom. The van der Waals surface area contributed by atoms with Crippen LogP contribution in [-0.4, -0.2) is 44.1 Å². The number of benzene rings is 1. The van der Waals surface area contributed by atoms with E-state index in [4.69, 9.17) is 4.74 Å². The van der Waals surface area contributed by atoms with Crippen LogP contribution in [0.15, 0.2) is 29.3 Å². The average molecular weight is 305 g/mol. The Morgan fingerprint density at radius 3 is 2.55 bits per heavy atom. The van der Waals surface area contributed by atoms with Crippen LogP contribution >= 0.6 is 0 Å². The van der Waals surface area contributed by atoms with Crippen LogP contribution in [0.25, 0.3) is 0 Å². The normalized spacial score (nSPS) is 12.7. The summed E-state index contributed by atoms with van der Waals surface area (Å²) in [6.45, 7) is 7.88. The number of rotatable bonds is 6. The number of esters is 1. The van der Waals surface area contributed by atoms with Crippen molar-refractivity contribution in [1.29, 1.82) is 0 Å². The Morgan fingerprint density at radius 2 is 2.00 bits per heavy atom. The van der Waals surface area contributed by atoms with Crippen molar-refractivity contribution < 1.29 is 9.53 Å². The van der Waals surface area contributed by atoms with Crippen LogP contribution in [0.2, 0.25) is 0 Å². The molecule has 0 aliphatic carbocycles. The van der Waals surface area contributed by atoms with Gasteiger partial charge in [0.25, 0.3) is 0 Å². The van der Waals surface area contributed by atoms with Crippen molar-refractivity contribution in [2.45, 2.75) is 27.3 Å². The lowest BCUT2D eigenvalue weighted by Gasteiger charge is -2.22. The van der Waals surface area contributed by atoms with Crippen LogP contribution in [0.5, 0.6) is 0 Å². The summed E-state index contributed by atoms with van der Waals surface area (Å²) < 4.78 is 4.73. The van der Waals surface area contributed by atoms with Gasteiger partial charge < -0.3 is 15.0 Å². The van der Waals surface area contributed by atoms with Gasteiger partial charge in [-0.2, -0.15) is 0 Å². The Balaban J connectivity index is 2.71. The highest BCUT2D eigenvalue weighted by molar-refractivity contribution is 5.80. The third-order valence-corrected chi connectivity index (χ3v) is 3.36. The molecular formula is C17H27N3O2. The third kappa shape index (κ3) is 5.76. The van der Waals surface area contributed by atoms with E-state index in [-0.39, 0.29) is 11.9 Å². The number of aliphatic imine (C=N–C) groups is 1. The molecule has 0 radical (unpaired) electrons. The molecule has 1 aromatic rings. The largest absolute Gasteiger partial charge is 0.469 e. The van der Waals surface area contributed by atoms with Crippen LogP contribution in [0.1, 0.15) is 25.0 Å². The van der Waals surface area contributed by atoms with Gasteiger partial charge in [-0.15, -0.1) is 0 Å². The lowest BCUT2D eigenvalue weighted by Crippen LogP contribution is -2.39. The molecule has 1 rings (SSSR count). The molecule has 0 saturated carbocycles. The summed E-state index contributed by atoms with van der Waals surface area (Å²) in [6, 6.07) is 8.44. The van der Waals surface area contributed by atoms with Gasteiger partial charge in [0.2, 0.25) is 0 Å². The van der Waals surface area contributed by atoms with E-state index >= 15 is 0 Å². The van der Waals surface area contributed by atoms with Gasteiger partial charge in [0.1, 0.15) is 0 Å². The van der Waals surface area contributed by atoms with Gasteiger partial charge in [-0.05, 0) is 19.4 Å². The first-order valence-electron chi connectivity index (χ1n) is 7.60.